The van der Waals surface area contributed by atoms with Crippen molar-refractivity contribution >= 4 is 48.8 Å². The summed E-state index contributed by atoms with van der Waals surface area (Å²) in [5.74, 6) is -0.450. The summed E-state index contributed by atoms with van der Waals surface area (Å²) >= 11 is 11.9. The fourth-order valence-electron chi connectivity index (χ4n) is 2.49. The molecule has 1 fully saturated rings. The quantitative estimate of drug-likeness (QED) is 0.818. The van der Waals surface area contributed by atoms with Crippen LogP contribution in [0.4, 0.5) is 0 Å². The van der Waals surface area contributed by atoms with Crippen LogP contribution in [0.5, 0.6) is 0 Å². The first kappa shape index (κ1) is 16.9. The van der Waals surface area contributed by atoms with Crippen LogP contribution >= 0.6 is 33.9 Å². The molecule has 1 aliphatic carbocycles. The fourth-order valence-corrected chi connectivity index (χ4v) is 3.76. The molecule has 1 aliphatic rings. The Morgan fingerprint density at radius 3 is 2.33 bits per heavy atom. The van der Waals surface area contributed by atoms with Crippen LogP contribution in [0.1, 0.15) is 43.0 Å². The van der Waals surface area contributed by atoms with Gasteiger partial charge in [0.15, 0.2) is 0 Å². The van der Waals surface area contributed by atoms with Gasteiger partial charge in [-0.25, -0.2) is 8.42 Å². The molecule has 21 heavy (non-hydrogen) atoms. The van der Waals surface area contributed by atoms with Gasteiger partial charge in [-0.05, 0) is 31.9 Å². The van der Waals surface area contributed by atoms with Crippen molar-refractivity contribution in [3.8, 4) is 0 Å². The lowest BCUT2D eigenvalue weighted by atomic mass is 10.00. The third-order valence-corrected chi connectivity index (χ3v) is 5.79. The van der Waals surface area contributed by atoms with E-state index in [1.807, 2.05) is 6.92 Å². The largest absolute Gasteiger partial charge is 0.347 e. The lowest BCUT2D eigenvalue weighted by Gasteiger charge is -2.25. The van der Waals surface area contributed by atoms with Gasteiger partial charge in [0.1, 0.15) is 0 Å². The van der Waals surface area contributed by atoms with Gasteiger partial charge in [0.05, 0.1) is 20.5 Å². The minimum Gasteiger partial charge on any atom is -0.347 e. The number of carbonyl (C=O) groups excluding carboxylic acids is 1. The molecule has 1 amide bonds. The highest BCUT2D eigenvalue weighted by Crippen LogP contribution is 2.33. The van der Waals surface area contributed by atoms with Gasteiger partial charge in [0.2, 0.25) is 0 Å². The van der Waals surface area contributed by atoms with Crippen molar-refractivity contribution in [2.45, 2.75) is 43.0 Å². The molecule has 1 aromatic rings. The van der Waals surface area contributed by atoms with Gasteiger partial charge in [0.25, 0.3) is 15.0 Å². The second-order valence-electron chi connectivity index (χ2n) is 5.43. The van der Waals surface area contributed by atoms with Crippen LogP contribution in [0.25, 0.3) is 0 Å². The van der Waals surface area contributed by atoms with Gasteiger partial charge in [-0.3, -0.25) is 4.79 Å². The van der Waals surface area contributed by atoms with E-state index in [0.717, 1.165) is 37.8 Å². The first-order valence-electron chi connectivity index (χ1n) is 6.39. The smallest absolute Gasteiger partial charge is 0.261 e. The number of hydrogen-bond donors (Lipinski definition) is 1. The maximum absolute atomic E-state index is 12.4. The van der Waals surface area contributed by atoms with E-state index in [1.165, 1.54) is 0 Å². The van der Waals surface area contributed by atoms with E-state index in [9.17, 15) is 13.2 Å². The third kappa shape index (κ3) is 3.83. The van der Waals surface area contributed by atoms with Crippen LogP contribution < -0.4 is 5.32 Å². The van der Waals surface area contributed by atoms with Gasteiger partial charge < -0.3 is 5.32 Å². The Morgan fingerprint density at radius 2 is 1.81 bits per heavy atom. The zero-order valence-electron chi connectivity index (χ0n) is 11.3. The summed E-state index contributed by atoms with van der Waals surface area (Å²) in [5, 5.41) is 2.88. The summed E-state index contributed by atoms with van der Waals surface area (Å²) in [7, 11) is 1.30. The highest BCUT2D eigenvalue weighted by Gasteiger charge is 2.31. The molecule has 0 bridgehead atoms. The number of hydrogen-bond acceptors (Lipinski definition) is 3. The lowest BCUT2D eigenvalue weighted by molar-refractivity contribution is 0.0908. The first-order valence-corrected chi connectivity index (χ1v) is 9.45. The summed E-state index contributed by atoms with van der Waals surface area (Å²) in [5.41, 5.74) is -0.292. The Labute approximate surface area is 138 Å². The molecule has 8 heteroatoms. The van der Waals surface area contributed by atoms with Crippen molar-refractivity contribution in [3.63, 3.8) is 0 Å². The Morgan fingerprint density at radius 1 is 1.24 bits per heavy atom. The SMILES string of the molecule is CC1(NC(=O)c2cc(S(=O)(=O)Cl)cc(Cl)c2Cl)CCCC1. The Hall–Kier alpha value is -0.490. The molecular weight excluding hydrogens is 357 g/mol. The zero-order chi connectivity index (χ0) is 15.8. The molecule has 0 atom stereocenters. The van der Waals surface area contributed by atoms with Crippen molar-refractivity contribution in [1.82, 2.24) is 5.32 Å². The van der Waals surface area contributed by atoms with Crippen LogP contribution in [-0.4, -0.2) is 19.9 Å². The van der Waals surface area contributed by atoms with Gasteiger partial charge in [-0.2, -0.15) is 0 Å². The fraction of sp³-hybridized carbons (Fsp3) is 0.462. The summed E-state index contributed by atoms with van der Waals surface area (Å²) in [6.45, 7) is 1.95. The number of benzene rings is 1. The highest BCUT2D eigenvalue weighted by atomic mass is 35.7. The first-order chi connectivity index (χ1) is 9.62. The van der Waals surface area contributed by atoms with Crippen LogP contribution in [0, 0.1) is 0 Å². The molecule has 116 valence electrons. The molecule has 4 nitrogen and oxygen atoms in total. The third-order valence-electron chi connectivity index (χ3n) is 3.65. The minimum absolute atomic E-state index is 0.0107. The Balaban J connectivity index is 2.38. The minimum atomic E-state index is -3.99. The van der Waals surface area contributed by atoms with E-state index in [4.69, 9.17) is 33.9 Å². The molecule has 0 unspecified atom stereocenters. The average Bonchev–Trinajstić information content (AvgIpc) is 2.77. The molecule has 0 saturated heterocycles. The van der Waals surface area contributed by atoms with Crippen molar-refractivity contribution in [3.05, 3.63) is 27.7 Å². The number of nitrogens with one attached hydrogen (secondary N) is 1. The maximum atomic E-state index is 12.4. The van der Waals surface area contributed by atoms with Crippen molar-refractivity contribution in [2.24, 2.45) is 0 Å². The zero-order valence-corrected chi connectivity index (χ0v) is 14.3. The van der Waals surface area contributed by atoms with Crippen molar-refractivity contribution in [2.75, 3.05) is 0 Å². The number of rotatable bonds is 3. The molecule has 0 aliphatic heterocycles. The standard InChI is InChI=1S/C13H14Cl3NO3S/c1-13(4-2-3-5-13)17-12(18)9-6-8(21(16,19)20)7-10(14)11(9)15/h6-7H,2-5H2,1H3,(H,17,18). The van der Waals surface area contributed by atoms with Gasteiger partial charge in [-0.15, -0.1) is 0 Å². The Kier molecular flexibility index (Phi) is 4.78. The van der Waals surface area contributed by atoms with E-state index in [0.29, 0.717) is 0 Å². The Bertz CT molecular complexity index is 682. The topological polar surface area (TPSA) is 63.2 Å². The number of carbonyl (C=O) groups is 1. The lowest BCUT2D eigenvalue weighted by Crippen LogP contribution is -2.43. The summed E-state index contributed by atoms with van der Waals surface area (Å²) in [6, 6.07) is 2.27. The molecule has 2 rings (SSSR count). The average molecular weight is 371 g/mol. The van der Waals surface area contributed by atoms with E-state index >= 15 is 0 Å². The van der Waals surface area contributed by atoms with E-state index in [-0.39, 0.29) is 26.0 Å². The maximum Gasteiger partial charge on any atom is 0.261 e. The monoisotopic (exact) mass is 369 g/mol. The van der Waals surface area contributed by atoms with Gasteiger partial charge in [-0.1, -0.05) is 36.0 Å². The molecule has 1 aromatic carbocycles. The molecule has 1 N–H and O–H groups in total. The predicted molar refractivity (Wildman–Crippen MR) is 83.8 cm³/mol. The van der Waals surface area contributed by atoms with Gasteiger partial charge >= 0.3 is 0 Å². The van der Waals surface area contributed by atoms with Crippen molar-refractivity contribution in [1.29, 1.82) is 0 Å². The van der Waals surface area contributed by atoms with Crippen LogP contribution in [-0.2, 0) is 9.05 Å². The van der Waals surface area contributed by atoms with Crippen LogP contribution in [0.15, 0.2) is 17.0 Å². The molecule has 0 aromatic heterocycles. The molecule has 0 radical (unpaired) electrons. The highest BCUT2D eigenvalue weighted by molar-refractivity contribution is 8.13. The number of halogens is 3. The summed E-state index contributed by atoms with van der Waals surface area (Å²) in [4.78, 5) is 12.1. The van der Waals surface area contributed by atoms with Gasteiger partial charge in [0, 0.05) is 16.2 Å². The molecule has 0 heterocycles. The van der Waals surface area contributed by atoms with E-state index < -0.39 is 15.0 Å². The molecular formula is C13H14Cl3NO3S. The number of amides is 1. The second kappa shape index (κ2) is 5.95. The summed E-state index contributed by atoms with van der Waals surface area (Å²) in [6.07, 6.45) is 3.83. The van der Waals surface area contributed by atoms with Crippen LogP contribution in [0.2, 0.25) is 10.0 Å². The van der Waals surface area contributed by atoms with Crippen molar-refractivity contribution < 1.29 is 13.2 Å². The van der Waals surface area contributed by atoms with E-state index in [1.54, 1.807) is 0 Å². The van der Waals surface area contributed by atoms with E-state index in [2.05, 4.69) is 5.32 Å². The predicted octanol–water partition coefficient (Wildman–Crippen LogP) is 3.98. The normalized spacial score (nSPS) is 17.7. The molecule has 1 saturated carbocycles. The summed E-state index contributed by atoms with van der Waals surface area (Å²) < 4.78 is 22.8. The second-order valence-corrected chi connectivity index (χ2v) is 8.78. The van der Waals surface area contributed by atoms with Crippen LogP contribution in [0.3, 0.4) is 0 Å². The molecule has 0 spiro atoms.